The molecule has 0 fully saturated rings. The van der Waals surface area contributed by atoms with Gasteiger partial charge in [-0.1, -0.05) is 23.8 Å². The molecule has 0 atom stereocenters. The van der Waals surface area contributed by atoms with Gasteiger partial charge in [0.1, 0.15) is 5.75 Å². The van der Waals surface area contributed by atoms with E-state index in [1.54, 1.807) is 12.1 Å². The summed E-state index contributed by atoms with van der Waals surface area (Å²) in [6.07, 6.45) is 5.13. The van der Waals surface area contributed by atoms with Crippen molar-refractivity contribution in [3.63, 3.8) is 0 Å². The number of halogens is 1. The van der Waals surface area contributed by atoms with Crippen molar-refractivity contribution in [1.29, 1.82) is 0 Å². The fourth-order valence-electron chi connectivity index (χ4n) is 1.51. The second-order valence-electron chi connectivity index (χ2n) is 3.76. The van der Waals surface area contributed by atoms with Crippen molar-refractivity contribution >= 4 is 11.6 Å². The molecule has 1 rings (SSSR count). The first kappa shape index (κ1) is 13.1. The Morgan fingerprint density at radius 2 is 2.19 bits per heavy atom. The lowest BCUT2D eigenvalue weighted by Gasteiger charge is -2.09. The zero-order chi connectivity index (χ0) is 12.0. The number of phenolic OH excluding ortho intramolecular Hbond substituents is 1. The number of benzene rings is 1. The van der Waals surface area contributed by atoms with Gasteiger partial charge >= 0.3 is 0 Å². The van der Waals surface area contributed by atoms with Gasteiger partial charge in [-0.2, -0.15) is 0 Å². The smallest absolute Gasteiger partial charge is 0.123 e. The number of nitrogens with one attached hydrogen (secondary N) is 1. The molecule has 0 aliphatic heterocycles. The van der Waals surface area contributed by atoms with E-state index in [-0.39, 0.29) is 0 Å². The molecule has 0 aliphatic carbocycles. The summed E-state index contributed by atoms with van der Waals surface area (Å²) in [5.41, 5.74) is 1.67. The van der Waals surface area contributed by atoms with Crippen molar-refractivity contribution < 1.29 is 5.11 Å². The Morgan fingerprint density at radius 3 is 2.88 bits per heavy atom. The van der Waals surface area contributed by atoms with Crippen LogP contribution in [0.5, 0.6) is 5.75 Å². The van der Waals surface area contributed by atoms with E-state index in [0.717, 1.165) is 24.1 Å². The standard InChI is InChI=1S/C13H18ClNO/c1-3-4-5-6-15-9-11-8-12(14)7-10(2)13(11)16/h3-4,7-8,15-16H,5-6,9H2,1-2H3/b4-3+. The minimum atomic E-state index is 0.336. The van der Waals surface area contributed by atoms with Crippen LogP contribution in [0.15, 0.2) is 24.3 Å². The van der Waals surface area contributed by atoms with Crippen LogP contribution in [0.2, 0.25) is 5.02 Å². The van der Waals surface area contributed by atoms with Crippen LogP contribution in [0.25, 0.3) is 0 Å². The summed E-state index contributed by atoms with van der Waals surface area (Å²) in [4.78, 5) is 0. The molecular weight excluding hydrogens is 222 g/mol. The van der Waals surface area contributed by atoms with Gasteiger partial charge in [-0.15, -0.1) is 0 Å². The second kappa shape index (κ2) is 6.56. The van der Waals surface area contributed by atoms with E-state index in [1.165, 1.54) is 0 Å². The summed E-state index contributed by atoms with van der Waals surface area (Å²) in [6, 6.07) is 3.56. The van der Waals surface area contributed by atoms with Gasteiger partial charge in [0.15, 0.2) is 0 Å². The van der Waals surface area contributed by atoms with E-state index in [2.05, 4.69) is 11.4 Å². The first-order valence-corrected chi connectivity index (χ1v) is 5.82. The zero-order valence-corrected chi connectivity index (χ0v) is 10.5. The third-order valence-corrected chi connectivity index (χ3v) is 2.60. The monoisotopic (exact) mass is 239 g/mol. The molecule has 3 heteroatoms. The van der Waals surface area contributed by atoms with Crippen LogP contribution in [0.1, 0.15) is 24.5 Å². The number of aryl methyl sites for hydroxylation is 1. The molecule has 0 aliphatic rings. The van der Waals surface area contributed by atoms with Crippen LogP contribution in [0.3, 0.4) is 0 Å². The molecule has 0 spiro atoms. The summed E-state index contributed by atoms with van der Waals surface area (Å²) < 4.78 is 0. The summed E-state index contributed by atoms with van der Waals surface area (Å²) >= 11 is 5.93. The zero-order valence-electron chi connectivity index (χ0n) is 9.76. The molecule has 0 saturated heterocycles. The van der Waals surface area contributed by atoms with E-state index >= 15 is 0 Å². The van der Waals surface area contributed by atoms with Crippen LogP contribution >= 0.6 is 11.6 Å². The van der Waals surface area contributed by atoms with E-state index in [0.29, 0.717) is 17.3 Å². The van der Waals surface area contributed by atoms with Crippen molar-refractivity contribution in [2.75, 3.05) is 6.54 Å². The molecule has 0 radical (unpaired) electrons. The molecule has 2 nitrogen and oxygen atoms in total. The quantitative estimate of drug-likeness (QED) is 0.610. The van der Waals surface area contributed by atoms with Crippen molar-refractivity contribution in [2.45, 2.75) is 26.8 Å². The number of hydrogen-bond donors (Lipinski definition) is 2. The van der Waals surface area contributed by atoms with Crippen molar-refractivity contribution in [3.05, 3.63) is 40.4 Å². The minimum absolute atomic E-state index is 0.336. The average molecular weight is 240 g/mol. The van der Waals surface area contributed by atoms with E-state index in [9.17, 15) is 5.11 Å². The van der Waals surface area contributed by atoms with Gasteiger partial charge in [0.25, 0.3) is 0 Å². The molecular formula is C13H18ClNO. The largest absolute Gasteiger partial charge is 0.507 e. The molecule has 2 N–H and O–H groups in total. The maximum atomic E-state index is 9.81. The molecule has 0 heterocycles. The predicted octanol–water partition coefficient (Wildman–Crippen LogP) is 3.41. The van der Waals surface area contributed by atoms with Crippen molar-refractivity contribution in [3.8, 4) is 5.75 Å². The molecule has 1 aromatic rings. The number of rotatable bonds is 5. The molecule has 0 aromatic heterocycles. The highest BCUT2D eigenvalue weighted by molar-refractivity contribution is 6.30. The lowest BCUT2D eigenvalue weighted by molar-refractivity contribution is 0.460. The van der Waals surface area contributed by atoms with E-state index < -0.39 is 0 Å². The van der Waals surface area contributed by atoms with Gasteiger partial charge in [-0.05, 0) is 44.5 Å². The van der Waals surface area contributed by atoms with Gasteiger partial charge in [0, 0.05) is 17.1 Å². The molecule has 1 aromatic carbocycles. The Labute approximate surface area is 102 Å². The van der Waals surface area contributed by atoms with Crippen LogP contribution in [-0.4, -0.2) is 11.7 Å². The highest BCUT2D eigenvalue weighted by Crippen LogP contribution is 2.26. The highest BCUT2D eigenvalue weighted by atomic mass is 35.5. The van der Waals surface area contributed by atoms with Gasteiger partial charge in [-0.3, -0.25) is 0 Å². The minimum Gasteiger partial charge on any atom is -0.507 e. The van der Waals surface area contributed by atoms with Gasteiger partial charge in [-0.25, -0.2) is 0 Å². The highest BCUT2D eigenvalue weighted by Gasteiger charge is 2.05. The number of phenols is 1. The Kier molecular flexibility index (Phi) is 5.36. The molecule has 88 valence electrons. The predicted molar refractivity (Wildman–Crippen MR) is 69.0 cm³/mol. The fraction of sp³-hybridized carbons (Fsp3) is 0.385. The fourth-order valence-corrected chi connectivity index (χ4v) is 1.81. The third-order valence-electron chi connectivity index (χ3n) is 2.38. The summed E-state index contributed by atoms with van der Waals surface area (Å²) in [6.45, 7) is 5.40. The number of hydrogen-bond acceptors (Lipinski definition) is 2. The van der Waals surface area contributed by atoms with E-state index in [4.69, 9.17) is 11.6 Å². The van der Waals surface area contributed by atoms with Gasteiger partial charge < -0.3 is 10.4 Å². The van der Waals surface area contributed by atoms with E-state index in [1.807, 2.05) is 19.9 Å². The Bertz CT molecular complexity index is 374. The molecule has 0 saturated carbocycles. The van der Waals surface area contributed by atoms with Crippen LogP contribution in [0.4, 0.5) is 0 Å². The lowest BCUT2D eigenvalue weighted by atomic mass is 10.1. The first-order chi connectivity index (χ1) is 7.65. The third kappa shape index (κ3) is 3.87. The summed E-state index contributed by atoms with van der Waals surface area (Å²) in [5.74, 6) is 0.336. The summed E-state index contributed by atoms with van der Waals surface area (Å²) in [7, 11) is 0. The maximum Gasteiger partial charge on any atom is 0.123 e. The molecule has 0 amide bonds. The van der Waals surface area contributed by atoms with Crippen LogP contribution in [0, 0.1) is 6.92 Å². The first-order valence-electron chi connectivity index (χ1n) is 5.45. The average Bonchev–Trinajstić information content (AvgIpc) is 2.24. The number of allylic oxidation sites excluding steroid dienone is 1. The van der Waals surface area contributed by atoms with Gasteiger partial charge in [0.05, 0.1) is 0 Å². The Hall–Kier alpha value is -0.990. The number of aromatic hydroxyl groups is 1. The molecule has 0 unspecified atom stereocenters. The second-order valence-corrected chi connectivity index (χ2v) is 4.20. The lowest BCUT2D eigenvalue weighted by Crippen LogP contribution is -2.14. The van der Waals surface area contributed by atoms with Crippen LogP contribution in [-0.2, 0) is 6.54 Å². The van der Waals surface area contributed by atoms with Crippen molar-refractivity contribution in [2.24, 2.45) is 0 Å². The maximum absolute atomic E-state index is 9.81. The van der Waals surface area contributed by atoms with Gasteiger partial charge in [0.2, 0.25) is 0 Å². The Morgan fingerprint density at radius 1 is 1.44 bits per heavy atom. The SMILES string of the molecule is C/C=C/CCNCc1cc(Cl)cc(C)c1O. The normalized spacial score (nSPS) is 11.2. The molecule has 0 bridgehead atoms. The van der Waals surface area contributed by atoms with Crippen molar-refractivity contribution in [1.82, 2.24) is 5.32 Å². The molecule has 16 heavy (non-hydrogen) atoms. The Balaban J connectivity index is 2.53. The topological polar surface area (TPSA) is 32.3 Å². The summed E-state index contributed by atoms with van der Waals surface area (Å²) in [5, 5.41) is 13.7. The van der Waals surface area contributed by atoms with Crippen LogP contribution < -0.4 is 5.32 Å².